The SMILES string of the molecule is COS(=O)(=O)[O-].Cn1nnc(CC[N+](C)(C)C)n1. The number of tetrazole rings is 1. The molecule has 106 valence electrons. The third-order valence-corrected chi connectivity index (χ3v) is 2.17. The van der Waals surface area contributed by atoms with Crippen LogP contribution >= 0.6 is 0 Å². The van der Waals surface area contributed by atoms with Crippen molar-refractivity contribution in [3.05, 3.63) is 5.82 Å². The van der Waals surface area contributed by atoms with Crippen LogP contribution in [-0.4, -0.2) is 72.5 Å². The zero-order chi connectivity index (χ0) is 14.4. The third-order valence-electron chi connectivity index (χ3n) is 1.76. The molecule has 0 aliphatic carbocycles. The first kappa shape index (κ1) is 16.9. The van der Waals surface area contributed by atoms with Crippen LogP contribution in [0.3, 0.4) is 0 Å². The molecule has 1 heterocycles. The van der Waals surface area contributed by atoms with E-state index in [1.807, 2.05) is 0 Å². The Bertz CT molecular complexity index is 450. The van der Waals surface area contributed by atoms with Crippen LogP contribution in [0.15, 0.2) is 0 Å². The molecule has 1 aromatic heterocycles. The highest BCUT2D eigenvalue weighted by molar-refractivity contribution is 7.80. The lowest BCUT2D eigenvalue weighted by Gasteiger charge is -2.22. The predicted octanol–water partition coefficient (Wildman–Crippen LogP) is -1.45. The number of hydrogen-bond acceptors (Lipinski definition) is 7. The lowest BCUT2D eigenvalue weighted by molar-refractivity contribution is -0.870. The van der Waals surface area contributed by atoms with E-state index < -0.39 is 10.4 Å². The van der Waals surface area contributed by atoms with Gasteiger partial charge >= 0.3 is 0 Å². The molecule has 0 bridgehead atoms. The Morgan fingerprint density at radius 3 is 2.17 bits per heavy atom. The van der Waals surface area contributed by atoms with Gasteiger partial charge in [0, 0.05) is 0 Å². The Balaban J connectivity index is 0.000000411. The first-order valence-electron chi connectivity index (χ1n) is 5.08. The van der Waals surface area contributed by atoms with Crippen molar-refractivity contribution in [2.24, 2.45) is 7.05 Å². The molecule has 0 amide bonds. The minimum Gasteiger partial charge on any atom is -0.726 e. The standard InChI is InChI=1S/C7H16N5.CH4O4S/c1-11-9-7(8-10-11)5-6-12(2,3)4;1-5-6(2,3)4/h5-6H2,1-4H3;1H3,(H,2,3,4)/q+1;/p-1. The Hall–Kier alpha value is -1.10. The minimum absolute atomic E-state index is 0.808. The molecule has 9 nitrogen and oxygen atoms in total. The molecule has 10 heteroatoms. The second-order valence-corrected chi connectivity index (χ2v) is 5.68. The summed E-state index contributed by atoms with van der Waals surface area (Å²) in [4.78, 5) is 1.49. The van der Waals surface area contributed by atoms with Gasteiger partial charge in [0.25, 0.3) is 0 Å². The van der Waals surface area contributed by atoms with Crippen LogP contribution in [0, 0.1) is 0 Å². The zero-order valence-corrected chi connectivity index (χ0v) is 12.0. The molecule has 0 radical (unpaired) electrons. The van der Waals surface area contributed by atoms with Crippen LogP contribution in [0.1, 0.15) is 5.82 Å². The maximum Gasteiger partial charge on any atom is 0.217 e. The molecular formula is C8H19N5O4S. The van der Waals surface area contributed by atoms with Gasteiger partial charge < -0.3 is 9.04 Å². The maximum absolute atomic E-state index is 9.22. The van der Waals surface area contributed by atoms with Gasteiger partial charge in [0.1, 0.15) is 0 Å². The van der Waals surface area contributed by atoms with E-state index in [0.717, 1.165) is 30.4 Å². The van der Waals surface area contributed by atoms with Crippen LogP contribution in [0.4, 0.5) is 0 Å². The normalized spacial score (nSPS) is 11.9. The van der Waals surface area contributed by atoms with Crippen LogP contribution in [0.2, 0.25) is 0 Å². The fraction of sp³-hybridized carbons (Fsp3) is 0.875. The van der Waals surface area contributed by atoms with Crippen molar-refractivity contribution in [3.8, 4) is 0 Å². The lowest BCUT2D eigenvalue weighted by atomic mass is 10.3. The van der Waals surface area contributed by atoms with E-state index in [1.165, 1.54) is 4.80 Å². The second-order valence-electron chi connectivity index (χ2n) is 4.53. The minimum atomic E-state index is -4.41. The van der Waals surface area contributed by atoms with E-state index in [4.69, 9.17) is 0 Å². The Morgan fingerprint density at radius 1 is 1.39 bits per heavy atom. The predicted molar refractivity (Wildman–Crippen MR) is 62.1 cm³/mol. The topological polar surface area (TPSA) is 110 Å². The van der Waals surface area contributed by atoms with Crippen LogP contribution in [0.25, 0.3) is 0 Å². The first-order chi connectivity index (χ1) is 8.03. The van der Waals surface area contributed by atoms with E-state index in [-0.39, 0.29) is 0 Å². The summed E-state index contributed by atoms with van der Waals surface area (Å²) in [6.07, 6.45) is 0.886. The van der Waals surface area contributed by atoms with Gasteiger partial charge in [-0.05, 0) is 5.21 Å². The maximum atomic E-state index is 9.22. The molecule has 18 heavy (non-hydrogen) atoms. The van der Waals surface area contributed by atoms with Gasteiger partial charge in [-0.1, -0.05) is 0 Å². The largest absolute Gasteiger partial charge is 0.726 e. The summed E-state index contributed by atoms with van der Waals surface area (Å²) in [6, 6.07) is 0. The summed E-state index contributed by atoms with van der Waals surface area (Å²) in [5.74, 6) is 0.825. The number of aromatic nitrogens is 4. The molecule has 1 rings (SSSR count). The van der Waals surface area contributed by atoms with E-state index in [9.17, 15) is 13.0 Å². The molecule has 0 unspecified atom stereocenters. The highest BCUT2D eigenvalue weighted by atomic mass is 32.3. The molecule has 0 atom stereocenters. The van der Waals surface area contributed by atoms with Crippen molar-refractivity contribution in [3.63, 3.8) is 0 Å². The summed E-state index contributed by atoms with van der Waals surface area (Å²) < 4.78 is 31.9. The van der Waals surface area contributed by atoms with Gasteiger partial charge in [-0.15, -0.1) is 10.2 Å². The number of aryl methyl sites for hydroxylation is 1. The molecule has 0 aliphatic heterocycles. The van der Waals surface area contributed by atoms with Crippen molar-refractivity contribution in [1.82, 2.24) is 20.2 Å². The molecule has 0 saturated heterocycles. The van der Waals surface area contributed by atoms with Gasteiger partial charge in [0.2, 0.25) is 10.4 Å². The fourth-order valence-corrected chi connectivity index (χ4v) is 0.859. The number of hydrogen-bond donors (Lipinski definition) is 0. The van der Waals surface area contributed by atoms with Gasteiger partial charge in [-0.2, -0.15) is 4.80 Å². The fourth-order valence-electron chi connectivity index (χ4n) is 0.859. The van der Waals surface area contributed by atoms with Crippen molar-refractivity contribution in [1.29, 1.82) is 0 Å². The van der Waals surface area contributed by atoms with Gasteiger partial charge in [-0.25, -0.2) is 8.42 Å². The number of nitrogens with zero attached hydrogens (tertiary/aromatic N) is 5. The van der Waals surface area contributed by atoms with Crippen LogP contribution in [-0.2, 0) is 28.1 Å². The van der Waals surface area contributed by atoms with E-state index in [2.05, 4.69) is 40.7 Å². The molecule has 0 aromatic carbocycles. The van der Waals surface area contributed by atoms with Crippen molar-refractivity contribution in [2.75, 3.05) is 34.8 Å². The van der Waals surface area contributed by atoms with E-state index in [1.54, 1.807) is 7.05 Å². The van der Waals surface area contributed by atoms with Gasteiger partial charge in [-0.3, -0.25) is 4.18 Å². The molecule has 0 fully saturated rings. The number of quaternary nitrogens is 1. The van der Waals surface area contributed by atoms with Crippen molar-refractivity contribution < 1.29 is 21.6 Å². The van der Waals surface area contributed by atoms with Gasteiger partial charge in [0.15, 0.2) is 5.82 Å². The van der Waals surface area contributed by atoms with Crippen molar-refractivity contribution in [2.45, 2.75) is 6.42 Å². The lowest BCUT2D eigenvalue weighted by Crippen LogP contribution is -2.36. The van der Waals surface area contributed by atoms with Gasteiger partial charge in [0.05, 0.1) is 48.3 Å². The first-order valence-corrected chi connectivity index (χ1v) is 6.41. The smallest absolute Gasteiger partial charge is 0.217 e. The summed E-state index contributed by atoms with van der Waals surface area (Å²) >= 11 is 0. The molecule has 0 saturated carbocycles. The average molecular weight is 281 g/mol. The second kappa shape index (κ2) is 6.73. The van der Waals surface area contributed by atoms with E-state index >= 15 is 0 Å². The third kappa shape index (κ3) is 10.1. The average Bonchev–Trinajstić information content (AvgIpc) is 2.60. The summed E-state index contributed by atoms with van der Waals surface area (Å²) in [5.41, 5.74) is 0. The summed E-state index contributed by atoms with van der Waals surface area (Å²) in [5, 5.41) is 11.8. The highest BCUT2D eigenvalue weighted by Gasteiger charge is 2.09. The number of likely N-dealkylation sites (N-methyl/N-ethyl adjacent to an activating group) is 1. The van der Waals surface area contributed by atoms with E-state index in [0.29, 0.717) is 0 Å². The Labute approximate surface area is 107 Å². The quantitative estimate of drug-likeness (QED) is 0.377. The summed E-state index contributed by atoms with van der Waals surface area (Å²) in [7, 11) is 4.62. The monoisotopic (exact) mass is 281 g/mol. The molecule has 0 N–H and O–H groups in total. The molecule has 0 aliphatic rings. The van der Waals surface area contributed by atoms with Crippen molar-refractivity contribution >= 4 is 10.4 Å². The van der Waals surface area contributed by atoms with Crippen LogP contribution in [0.5, 0.6) is 0 Å². The molecule has 1 aromatic rings. The molecule has 0 spiro atoms. The highest BCUT2D eigenvalue weighted by Crippen LogP contribution is 1.94. The Kier molecular flexibility index (Phi) is 6.32. The van der Waals surface area contributed by atoms with Crippen LogP contribution < -0.4 is 0 Å². The summed E-state index contributed by atoms with van der Waals surface area (Å²) in [6.45, 7) is 1.03. The zero-order valence-electron chi connectivity index (χ0n) is 11.2. The number of rotatable bonds is 4. The molecular weight excluding hydrogens is 262 g/mol. The Morgan fingerprint density at radius 2 is 1.89 bits per heavy atom.